The Bertz CT molecular complexity index is 1560. The minimum atomic E-state index is -3.39. The molecule has 0 radical (unpaired) electrons. The number of hydrogen-bond acceptors (Lipinski definition) is 11. The monoisotopic (exact) mass is 638 g/mol. The number of aromatic nitrogens is 3. The van der Waals surface area contributed by atoms with E-state index in [2.05, 4.69) is 26.9 Å². The van der Waals surface area contributed by atoms with E-state index in [1.165, 1.54) is 20.3 Å². The van der Waals surface area contributed by atoms with E-state index in [0.717, 1.165) is 6.26 Å². The summed E-state index contributed by atoms with van der Waals surface area (Å²) in [6.45, 7) is 4.84. The van der Waals surface area contributed by atoms with Crippen molar-refractivity contribution < 1.29 is 27.4 Å². The molecule has 3 aromatic rings. The smallest absolute Gasteiger partial charge is 0.223 e. The number of rotatable bonds is 13. The summed E-state index contributed by atoms with van der Waals surface area (Å²) in [6.07, 6.45) is 5.09. The number of benzene rings is 1. The quantitative estimate of drug-likeness (QED) is 0.184. The van der Waals surface area contributed by atoms with Crippen molar-refractivity contribution in [1.29, 1.82) is 0 Å². The number of sulfonamides is 1. The highest BCUT2D eigenvalue weighted by atomic mass is 35.5. The Morgan fingerprint density at radius 2 is 1.88 bits per heavy atom. The van der Waals surface area contributed by atoms with Crippen molar-refractivity contribution in [2.24, 2.45) is 5.92 Å². The first-order valence-corrected chi connectivity index (χ1v) is 15.7. The van der Waals surface area contributed by atoms with Crippen molar-refractivity contribution in [3.63, 3.8) is 0 Å². The summed E-state index contributed by atoms with van der Waals surface area (Å²) in [5.41, 5.74) is 1.24. The maximum absolute atomic E-state index is 12.1. The van der Waals surface area contributed by atoms with E-state index >= 15 is 0 Å². The Balaban J connectivity index is 1.75. The predicted octanol–water partition coefficient (Wildman–Crippen LogP) is 3.94. The number of nitrogens with one attached hydrogen (secondary N) is 3. The highest BCUT2D eigenvalue weighted by molar-refractivity contribution is 7.88. The predicted molar refractivity (Wildman–Crippen MR) is 163 cm³/mol. The number of hydrogen-bond donors (Lipinski definition) is 3. The molecule has 226 valence electrons. The summed E-state index contributed by atoms with van der Waals surface area (Å²) < 4.78 is 42.0. The van der Waals surface area contributed by atoms with Crippen molar-refractivity contribution in [3.8, 4) is 22.8 Å². The van der Waals surface area contributed by atoms with Gasteiger partial charge in [-0.1, -0.05) is 29.8 Å². The number of allylic oxidation sites excluding steroid dienone is 1. The molecular weight excluding hydrogens is 607 g/mol. The molecule has 0 aliphatic carbocycles. The summed E-state index contributed by atoms with van der Waals surface area (Å²) in [5, 5.41) is 7.53. The molecule has 12 nitrogen and oxygen atoms in total. The Morgan fingerprint density at radius 1 is 1.17 bits per heavy atom. The van der Waals surface area contributed by atoms with Gasteiger partial charge in [0.2, 0.25) is 16.0 Å². The van der Waals surface area contributed by atoms with E-state index in [1.54, 1.807) is 18.3 Å². The van der Waals surface area contributed by atoms with Crippen LogP contribution in [0.2, 0.25) is 10.0 Å². The second-order valence-corrected chi connectivity index (χ2v) is 12.2. The topological polar surface area (TPSA) is 154 Å². The lowest BCUT2D eigenvalue weighted by Gasteiger charge is -2.31. The van der Waals surface area contributed by atoms with Crippen molar-refractivity contribution in [3.05, 3.63) is 41.0 Å². The van der Waals surface area contributed by atoms with Gasteiger partial charge in [0, 0.05) is 49.3 Å². The van der Waals surface area contributed by atoms with Crippen LogP contribution in [0.3, 0.4) is 0 Å². The van der Waals surface area contributed by atoms with E-state index in [4.69, 9.17) is 47.4 Å². The van der Waals surface area contributed by atoms with Crippen molar-refractivity contribution in [2.45, 2.75) is 18.9 Å². The molecule has 0 saturated carbocycles. The molecule has 1 aliphatic heterocycles. The van der Waals surface area contributed by atoms with Gasteiger partial charge in [0.15, 0.2) is 11.6 Å². The summed E-state index contributed by atoms with van der Waals surface area (Å²) in [6, 6.07) is 3.13. The first-order valence-electron chi connectivity index (χ1n) is 13.0. The van der Waals surface area contributed by atoms with Crippen LogP contribution in [-0.4, -0.2) is 82.0 Å². The fraction of sp³-hybridized carbons (Fsp3) is 0.407. The molecule has 3 N–H and O–H groups in total. The van der Waals surface area contributed by atoms with Gasteiger partial charge in [-0.15, -0.1) is 0 Å². The van der Waals surface area contributed by atoms with Crippen molar-refractivity contribution >= 4 is 61.7 Å². The molecule has 2 aromatic heterocycles. The lowest BCUT2D eigenvalue weighted by molar-refractivity contribution is -0.116. The van der Waals surface area contributed by atoms with Crippen LogP contribution < -0.4 is 24.8 Å². The Morgan fingerprint density at radius 3 is 2.52 bits per heavy atom. The minimum absolute atomic E-state index is 0.0241. The molecule has 3 heterocycles. The third-order valence-electron chi connectivity index (χ3n) is 6.68. The van der Waals surface area contributed by atoms with Crippen LogP contribution in [0.5, 0.6) is 11.5 Å². The van der Waals surface area contributed by atoms with Crippen molar-refractivity contribution in [2.75, 3.05) is 57.4 Å². The average molecular weight is 640 g/mol. The third-order valence-corrected chi connectivity index (χ3v) is 8.16. The van der Waals surface area contributed by atoms with E-state index < -0.39 is 10.0 Å². The Kier molecular flexibility index (Phi) is 10.4. The van der Waals surface area contributed by atoms with E-state index in [9.17, 15) is 13.2 Å². The Hall–Kier alpha value is -3.23. The SMILES string of the molecule is C=CC(=O)C[C@H]1CCOC[C@H]1Nc1ncc2cc(-c3c(Cl)c(OC)cc(OC)c3Cl)nc(NCCNS(C)(=O)=O)c2n1. The number of methoxy groups -OCH3 is 2. The molecule has 42 heavy (non-hydrogen) atoms. The zero-order valence-corrected chi connectivity index (χ0v) is 25.7. The molecule has 0 unspecified atom stereocenters. The maximum atomic E-state index is 12.1. The number of anilines is 2. The van der Waals surface area contributed by atoms with Gasteiger partial charge in [0.1, 0.15) is 17.0 Å². The number of carbonyl (C=O) groups excluding carboxylic acids is 1. The summed E-state index contributed by atoms with van der Waals surface area (Å²) in [4.78, 5) is 26.0. The third kappa shape index (κ3) is 7.58. The van der Waals surface area contributed by atoms with Crippen LogP contribution >= 0.6 is 23.2 Å². The van der Waals surface area contributed by atoms with E-state index in [-0.39, 0.29) is 40.9 Å². The highest BCUT2D eigenvalue weighted by Crippen LogP contribution is 2.46. The summed E-state index contributed by atoms with van der Waals surface area (Å²) in [7, 11) is -0.433. The van der Waals surface area contributed by atoms with E-state index in [1.807, 2.05) is 0 Å². The number of fused-ring (bicyclic) bond motifs is 1. The van der Waals surface area contributed by atoms with Gasteiger partial charge in [0.05, 0.1) is 48.9 Å². The van der Waals surface area contributed by atoms with Gasteiger partial charge >= 0.3 is 0 Å². The van der Waals surface area contributed by atoms with Crippen LogP contribution in [0.25, 0.3) is 22.2 Å². The van der Waals surface area contributed by atoms with Crippen LogP contribution in [0.4, 0.5) is 11.8 Å². The van der Waals surface area contributed by atoms with Gasteiger partial charge in [-0.2, -0.15) is 0 Å². The molecule has 4 rings (SSSR count). The van der Waals surface area contributed by atoms with Gasteiger partial charge < -0.3 is 24.8 Å². The molecule has 1 aromatic carbocycles. The number of nitrogens with zero attached hydrogens (tertiary/aromatic N) is 3. The molecule has 0 amide bonds. The minimum Gasteiger partial charge on any atom is -0.495 e. The van der Waals surface area contributed by atoms with Gasteiger partial charge in [-0.25, -0.2) is 28.1 Å². The van der Waals surface area contributed by atoms with Crippen LogP contribution in [0.15, 0.2) is 31.0 Å². The standard InChI is InChI=1S/C27H32Cl2N6O6S/c1-5-17(36)10-15-6-9-41-14-19(15)34-27-31-13-16-11-18(22-23(28)20(39-2)12-21(40-3)24(22)29)33-26(25(16)35-27)30-7-8-32-42(4,37)38/h5,11-13,15,19,32H,1,6-10,14H2,2-4H3,(H,30,33)(H,31,34,35)/t15-,19-/m1/s1. The average Bonchev–Trinajstić information content (AvgIpc) is 2.96. The number of pyridine rings is 1. The molecule has 1 aliphatic rings. The van der Waals surface area contributed by atoms with Gasteiger partial charge in [-0.05, 0) is 24.5 Å². The molecule has 0 bridgehead atoms. The number of ketones is 1. The van der Waals surface area contributed by atoms with Crippen LogP contribution in [-0.2, 0) is 19.6 Å². The van der Waals surface area contributed by atoms with Crippen molar-refractivity contribution in [1.82, 2.24) is 19.7 Å². The first kappa shape index (κ1) is 31.7. The molecule has 1 saturated heterocycles. The van der Waals surface area contributed by atoms with E-state index in [0.29, 0.717) is 71.5 Å². The largest absolute Gasteiger partial charge is 0.495 e. The molecule has 15 heteroatoms. The normalized spacial score (nSPS) is 17.1. The lowest BCUT2D eigenvalue weighted by atomic mass is 9.90. The maximum Gasteiger partial charge on any atom is 0.223 e. The second-order valence-electron chi connectivity index (χ2n) is 9.61. The summed E-state index contributed by atoms with van der Waals surface area (Å²) in [5.74, 6) is 1.34. The number of carbonyl (C=O) groups is 1. The van der Waals surface area contributed by atoms with Crippen LogP contribution in [0.1, 0.15) is 12.8 Å². The Labute approximate surface area is 254 Å². The highest BCUT2D eigenvalue weighted by Gasteiger charge is 2.28. The molecule has 0 spiro atoms. The fourth-order valence-electron chi connectivity index (χ4n) is 4.58. The fourth-order valence-corrected chi connectivity index (χ4v) is 5.75. The molecule has 2 atom stereocenters. The summed E-state index contributed by atoms with van der Waals surface area (Å²) >= 11 is 13.3. The zero-order valence-electron chi connectivity index (χ0n) is 23.4. The van der Waals surface area contributed by atoms with Crippen LogP contribution in [0, 0.1) is 5.92 Å². The molecule has 1 fully saturated rings. The zero-order chi connectivity index (χ0) is 30.4. The molecular formula is C27H32Cl2N6O6S. The first-order chi connectivity index (χ1) is 20.0. The number of halogens is 2. The van der Waals surface area contributed by atoms with Gasteiger partial charge in [0.25, 0.3) is 0 Å². The number of ether oxygens (including phenoxy) is 3. The van der Waals surface area contributed by atoms with Gasteiger partial charge in [-0.3, -0.25) is 4.79 Å². The lowest BCUT2D eigenvalue weighted by Crippen LogP contribution is -2.40. The second kappa shape index (κ2) is 13.8.